The summed E-state index contributed by atoms with van der Waals surface area (Å²) in [5.74, 6) is -6.88. The SMILES string of the molecule is NC(=O)C1=C(O)[C@@]2(O)C(=O)C3=C(O)c4c(O)ccc(CNCc5ccc(F)cc5)c4C[C@H]3C[C@H]2CC1=O. The number of Topliss-reactive ketones (excluding diaryl/α,β-unsaturated/α-hetero) is 2. The topological polar surface area (TPSA) is 170 Å². The van der Waals surface area contributed by atoms with E-state index in [0.717, 1.165) is 11.1 Å². The van der Waals surface area contributed by atoms with Crippen LogP contribution in [0.1, 0.15) is 35.1 Å². The van der Waals surface area contributed by atoms with Gasteiger partial charge in [-0.1, -0.05) is 18.2 Å². The second-order valence-corrected chi connectivity index (χ2v) is 9.73. The van der Waals surface area contributed by atoms with Gasteiger partial charge in [0, 0.05) is 31.0 Å². The van der Waals surface area contributed by atoms with E-state index in [1.54, 1.807) is 18.2 Å². The number of halogens is 1. The summed E-state index contributed by atoms with van der Waals surface area (Å²) in [5.41, 5.74) is 3.89. The van der Waals surface area contributed by atoms with Gasteiger partial charge >= 0.3 is 0 Å². The number of phenolic OH excluding ortho intramolecular Hbond substituents is 1. The van der Waals surface area contributed by atoms with Crippen LogP contribution in [0, 0.1) is 17.7 Å². The van der Waals surface area contributed by atoms with Gasteiger partial charge in [-0.25, -0.2) is 4.39 Å². The van der Waals surface area contributed by atoms with Crippen LogP contribution in [0.4, 0.5) is 4.39 Å². The van der Waals surface area contributed by atoms with Crippen molar-refractivity contribution in [2.24, 2.45) is 17.6 Å². The number of phenols is 1. The second kappa shape index (κ2) is 8.82. The van der Waals surface area contributed by atoms with Crippen molar-refractivity contribution in [2.75, 3.05) is 0 Å². The summed E-state index contributed by atoms with van der Waals surface area (Å²) in [7, 11) is 0. The second-order valence-electron chi connectivity index (χ2n) is 9.73. The van der Waals surface area contributed by atoms with Crippen molar-refractivity contribution in [3.63, 3.8) is 0 Å². The number of ketones is 2. The Morgan fingerprint density at radius 3 is 2.43 bits per heavy atom. The van der Waals surface area contributed by atoms with Gasteiger partial charge in [0.2, 0.25) is 5.78 Å². The summed E-state index contributed by atoms with van der Waals surface area (Å²) in [5, 5.41) is 46.9. The Kier molecular flexibility index (Phi) is 5.88. The zero-order chi connectivity index (χ0) is 26.6. The summed E-state index contributed by atoms with van der Waals surface area (Å²) in [6, 6.07) is 9.12. The predicted molar refractivity (Wildman–Crippen MR) is 128 cm³/mol. The molecule has 5 rings (SSSR count). The van der Waals surface area contributed by atoms with E-state index in [0.29, 0.717) is 18.7 Å². The Morgan fingerprint density at radius 2 is 1.76 bits per heavy atom. The normalized spacial score (nSPS) is 25.0. The first-order valence-corrected chi connectivity index (χ1v) is 11.8. The van der Waals surface area contributed by atoms with Crippen LogP contribution >= 0.6 is 0 Å². The number of nitrogens with one attached hydrogen (secondary N) is 1. The van der Waals surface area contributed by atoms with Crippen LogP contribution in [-0.2, 0) is 33.9 Å². The number of aliphatic hydroxyl groups excluding tert-OH is 2. The third-order valence-electron chi connectivity index (χ3n) is 7.60. The molecule has 10 heteroatoms. The lowest BCUT2D eigenvalue weighted by Gasteiger charge is -2.46. The molecule has 7 N–H and O–H groups in total. The van der Waals surface area contributed by atoms with Gasteiger partial charge in [-0.2, -0.15) is 0 Å². The molecule has 1 amide bonds. The molecule has 37 heavy (non-hydrogen) atoms. The third kappa shape index (κ3) is 3.80. The maximum Gasteiger partial charge on any atom is 0.255 e. The van der Waals surface area contributed by atoms with E-state index in [9.17, 15) is 39.2 Å². The standard InChI is InChI=1S/C27H25FN2O7/c28-16-4-1-12(2-5-16)10-30-11-13-3-6-18(31)21-17(13)8-14-7-15-9-19(32)22(26(29)36)25(35)27(15,37)24(34)20(14)23(21)33/h1-6,14-15,30-31,33,35,37H,7-11H2,(H2,29,36)/t14-,15+,27+/m1/s1. The van der Waals surface area contributed by atoms with E-state index in [1.165, 1.54) is 18.2 Å². The van der Waals surface area contributed by atoms with Crippen molar-refractivity contribution < 1.29 is 39.2 Å². The van der Waals surface area contributed by atoms with E-state index >= 15 is 0 Å². The molecule has 3 atom stereocenters. The van der Waals surface area contributed by atoms with Gasteiger partial charge in [0.15, 0.2) is 11.4 Å². The average Bonchev–Trinajstić information content (AvgIpc) is 2.83. The molecule has 0 bridgehead atoms. The van der Waals surface area contributed by atoms with Crippen LogP contribution in [0.5, 0.6) is 5.75 Å². The molecule has 0 saturated heterocycles. The van der Waals surface area contributed by atoms with Crippen LogP contribution < -0.4 is 11.1 Å². The van der Waals surface area contributed by atoms with Gasteiger partial charge in [-0.15, -0.1) is 0 Å². The molecule has 0 unspecified atom stereocenters. The third-order valence-corrected chi connectivity index (χ3v) is 7.60. The van der Waals surface area contributed by atoms with Gasteiger partial charge in [0.1, 0.15) is 28.7 Å². The maximum absolute atomic E-state index is 13.5. The van der Waals surface area contributed by atoms with Gasteiger partial charge in [0.05, 0.1) is 5.56 Å². The lowest BCUT2D eigenvalue weighted by Crippen LogP contribution is -2.58. The van der Waals surface area contributed by atoms with Crippen molar-refractivity contribution in [3.8, 4) is 5.75 Å². The first-order chi connectivity index (χ1) is 17.5. The van der Waals surface area contributed by atoms with Gasteiger partial charge in [-0.3, -0.25) is 14.4 Å². The molecule has 192 valence electrons. The number of fused-ring (bicyclic) bond motifs is 3. The van der Waals surface area contributed by atoms with Crippen LogP contribution in [0.15, 0.2) is 53.3 Å². The molecule has 0 aliphatic heterocycles. The van der Waals surface area contributed by atoms with Crippen molar-refractivity contribution in [1.82, 2.24) is 5.32 Å². The summed E-state index contributed by atoms with van der Waals surface area (Å²) < 4.78 is 13.2. The Morgan fingerprint density at radius 1 is 1.05 bits per heavy atom. The summed E-state index contributed by atoms with van der Waals surface area (Å²) in [6.07, 6.45) is -0.0640. The minimum atomic E-state index is -2.58. The Bertz CT molecular complexity index is 1410. The molecule has 0 aromatic heterocycles. The van der Waals surface area contributed by atoms with E-state index in [2.05, 4.69) is 5.32 Å². The Labute approximate surface area is 210 Å². The molecule has 0 heterocycles. The van der Waals surface area contributed by atoms with Crippen molar-refractivity contribution in [3.05, 3.63) is 81.4 Å². The highest BCUT2D eigenvalue weighted by Crippen LogP contribution is 2.52. The van der Waals surface area contributed by atoms with Gasteiger partial charge in [0.25, 0.3) is 5.91 Å². The minimum Gasteiger partial charge on any atom is -0.508 e. The van der Waals surface area contributed by atoms with E-state index < -0.39 is 52.0 Å². The van der Waals surface area contributed by atoms with Gasteiger partial charge in [-0.05, 0) is 53.6 Å². The smallest absolute Gasteiger partial charge is 0.255 e. The molecule has 1 saturated carbocycles. The van der Waals surface area contributed by atoms with Gasteiger partial charge < -0.3 is 31.5 Å². The first-order valence-electron chi connectivity index (χ1n) is 11.8. The number of primary amides is 1. The number of nitrogens with two attached hydrogens (primary N) is 1. The van der Waals surface area contributed by atoms with E-state index in [4.69, 9.17) is 5.73 Å². The Balaban J connectivity index is 1.51. The fourth-order valence-corrected chi connectivity index (χ4v) is 5.80. The number of aromatic hydroxyl groups is 1. The number of carbonyl (C=O) groups excluding carboxylic acids is 3. The molecule has 9 nitrogen and oxygen atoms in total. The molecular weight excluding hydrogens is 483 g/mol. The molecule has 0 spiro atoms. The van der Waals surface area contributed by atoms with Crippen molar-refractivity contribution in [1.29, 1.82) is 0 Å². The monoisotopic (exact) mass is 508 g/mol. The molecule has 1 fully saturated rings. The summed E-state index contributed by atoms with van der Waals surface area (Å²) in [4.78, 5) is 37.7. The molecule has 3 aliphatic carbocycles. The molecule has 0 radical (unpaired) electrons. The highest BCUT2D eigenvalue weighted by atomic mass is 19.1. The van der Waals surface area contributed by atoms with Crippen LogP contribution in [0.3, 0.4) is 0 Å². The molecule has 2 aromatic rings. The van der Waals surface area contributed by atoms with Crippen molar-refractivity contribution in [2.45, 2.75) is 38.0 Å². The summed E-state index contributed by atoms with van der Waals surface area (Å²) >= 11 is 0. The zero-order valence-corrected chi connectivity index (χ0v) is 19.6. The fraction of sp³-hybridized carbons (Fsp3) is 0.296. The number of rotatable bonds is 5. The lowest BCUT2D eigenvalue weighted by molar-refractivity contribution is -0.147. The zero-order valence-electron chi connectivity index (χ0n) is 19.6. The first kappa shape index (κ1) is 24.7. The number of hydrogen-bond donors (Lipinski definition) is 6. The van der Waals surface area contributed by atoms with Crippen molar-refractivity contribution >= 4 is 23.2 Å². The van der Waals surface area contributed by atoms with E-state index in [-0.39, 0.29) is 42.0 Å². The maximum atomic E-state index is 13.5. The van der Waals surface area contributed by atoms with Crippen LogP contribution in [0.2, 0.25) is 0 Å². The Hall–Kier alpha value is -4.02. The number of carbonyl (C=O) groups is 3. The quantitative estimate of drug-likeness (QED) is 0.332. The molecule has 3 aliphatic rings. The highest BCUT2D eigenvalue weighted by molar-refractivity contribution is 6.22. The number of benzene rings is 2. The largest absolute Gasteiger partial charge is 0.508 e. The number of hydrogen-bond acceptors (Lipinski definition) is 8. The van der Waals surface area contributed by atoms with Crippen LogP contribution in [-0.4, -0.2) is 43.5 Å². The number of amides is 1. The van der Waals surface area contributed by atoms with Crippen LogP contribution in [0.25, 0.3) is 5.76 Å². The fourth-order valence-electron chi connectivity index (χ4n) is 5.80. The average molecular weight is 509 g/mol. The molecular formula is C27H25FN2O7. The summed E-state index contributed by atoms with van der Waals surface area (Å²) in [6.45, 7) is 0.788. The van der Waals surface area contributed by atoms with E-state index in [1.807, 2.05) is 0 Å². The molecule has 2 aromatic carbocycles. The minimum absolute atomic E-state index is 0.0493. The highest BCUT2D eigenvalue weighted by Gasteiger charge is 2.60. The lowest BCUT2D eigenvalue weighted by atomic mass is 9.59. The predicted octanol–water partition coefficient (Wildman–Crippen LogP) is 1.85. The number of aliphatic hydroxyl groups is 3.